The van der Waals surface area contributed by atoms with E-state index < -0.39 is 0 Å². The van der Waals surface area contributed by atoms with Crippen LogP contribution in [0.1, 0.15) is 22.3 Å². The van der Waals surface area contributed by atoms with Crippen molar-refractivity contribution in [1.29, 1.82) is 0 Å². The fraction of sp³-hybridized carbons (Fsp3) is 0.150. The van der Waals surface area contributed by atoms with Gasteiger partial charge in [0, 0.05) is 30.9 Å². The monoisotopic (exact) mass is 348 g/mol. The van der Waals surface area contributed by atoms with Crippen LogP contribution in [0, 0.1) is 6.92 Å². The summed E-state index contributed by atoms with van der Waals surface area (Å²) in [5, 5.41) is 0. The molecule has 0 aliphatic rings. The Labute approximate surface area is 151 Å². The van der Waals surface area contributed by atoms with Crippen LogP contribution < -0.4 is 10.9 Å². The molecule has 1 heterocycles. The number of benzene rings is 2. The van der Waals surface area contributed by atoms with Crippen LogP contribution in [0.5, 0.6) is 0 Å². The van der Waals surface area contributed by atoms with E-state index in [4.69, 9.17) is 0 Å². The molecule has 0 aliphatic carbocycles. The van der Waals surface area contributed by atoms with Gasteiger partial charge in [0.05, 0.1) is 6.33 Å². The lowest BCUT2D eigenvalue weighted by Crippen LogP contribution is -2.42. The fourth-order valence-corrected chi connectivity index (χ4v) is 2.57. The van der Waals surface area contributed by atoms with E-state index in [9.17, 15) is 9.59 Å². The molecule has 0 atom stereocenters. The second-order valence-electron chi connectivity index (χ2n) is 5.96. The lowest BCUT2D eigenvalue weighted by molar-refractivity contribution is -0.122. The molecule has 132 valence electrons. The van der Waals surface area contributed by atoms with E-state index in [2.05, 4.69) is 15.8 Å². The van der Waals surface area contributed by atoms with E-state index in [-0.39, 0.29) is 18.2 Å². The zero-order valence-corrected chi connectivity index (χ0v) is 14.5. The summed E-state index contributed by atoms with van der Waals surface area (Å²) in [6.07, 6.45) is 5.32. The number of amides is 2. The summed E-state index contributed by atoms with van der Waals surface area (Å²) >= 11 is 0. The van der Waals surface area contributed by atoms with Gasteiger partial charge in [-0.15, -0.1) is 0 Å². The Hall–Kier alpha value is -3.41. The molecule has 6 nitrogen and oxygen atoms in total. The number of aryl methyl sites for hydroxylation is 2. The molecule has 1 aromatic heterocycles. The summed E-state index contributed by atoms with van der Waals surface area (Å²) in [7, 11) is 0. The van der Waals surface area contributed by atoms with Gasteiger partial charge < -0.3 is 4.57 Å². The third-order valence-corrected chi connectivity index (χ3v) is 4.01. The van der Waals surface area contributed by atoms with Crippen molar-refractivity contribution in [3.63, 3.8) is 0 Å². The summed E-state index contributed by atoms with van der Waals surface area (Å²) in [5.74, 6) is -0.614. The topological polar surface area (TPSA) is 76.0 Å². The van der Waals surface area contributed by atoms with Gasteiger partial charge in [0.25, 0.3) is 5.91 Å². The van der Waals surface area contributed by atoms with Crippen molar-refractivity contribution in [2.45, 2.75) is 19.9 Å². The largest absolute Gasteiger partial charge is 0.337 e. The molecule has 2 amide bonds. The van der Waals surface area contributed by atoms with Crippen LogP contribution in [0.4, 0.5) is 0 Å². The van der Waals surface area contributed by atoms with Gasteiger partial charge in [-0.05, 0) is 24.1 Å². The molecule has 6 heteroatoms. The average molecular weight is 348 g/mol. The maximum absolute atomic E-state index is 12.5. The van der Waals surface area contributed by atoms with Crippen LogP contribution >= 0.6 is 0 Å². The average Bonchev–Trinajstić information content (AvgIpc) is 3.19. The number of nitrogens with one attached hydrogen (secondary N) is 2. The van der Waals surface area contributed by atoms with Crippen molar-refractivity contribution in [3.8, 4) is 11.1 Å². The number of carbonyl (C=O) groups excluding carboxylic acids is 2. The highest BCUT2D eigenvalue weighted by atomic mass is 16.2. The predicted octanol–water partition coefficient (Wildman–Crippen LogP) is 2.71. The zero-order chi connectivity index (χ0) is 18.4. The van der Waals surface area contributed by atoms with Gasteiger partial charge in [-0.1, -0.05) is 48.0 Å². The van der Waals surface area contributed by atoms with E-state index in [0.717, 1.165) is 16.7 Å². The molecule has 0 saturated carbocycles. The maximum atomic E-state index is 12.5. The Bertz CT molecular complexity index is 886. The van der Waals surface area contributed by atoms with Crippen LogP contribution in [0.25, 0.3) is 11.1 Å². The minimum absolute atomic E-state index is 0.246. The van der Waals surface area contributed by atoms with Gasteiger partial charge in [0.1, 0.15) is 0 Å². The molecule has 0 radical (unpaired) electrons. The second-order valence-corrected chi connectivity index (χ2v) is 5.96. The number of hydrogen-bond acceptors (Lipinski definition) is 3. The summed E-state index contributed by atoms with van der Waals surface area (Å²) in [6.45, 7) is 2.52. The molecule has 3 aromatic rings. The van der Waals surface area contributed by atoms with Crippen LogP contribution in [0.15, 0.2) is 67.3 Å². The van der Waals surface area contributed by atoms with Crippen molar-refractivity contribution < 1.29 is 9.59 Å². The molecular formula is C20H20N4O2. The second kappa shape index (κ2) is 8.11. The highest BCUT2D eigenvalue weighted by Crippen LogP contribution is 2.23. The van der Waals surface area contributed by atoms with E-state index in [1.807, 2.05) is 43.3 Å². The summed E-state index contributed by atoms with van der Waals surface area (Å²) in [5.41, 5.74) is 8.37. The van der Waals surface area contributed by atoms with E-state index in [1.165, 1.54) is 0 Å². The maximum Gasteiger partial charge on any atom is 0.270 e. The first-order chi connectivity index (χ1) is 12.6. The molecule has 0 saturated heterocycles. The molecule has 2 N–H and O–H groups in total. The molecule has 0 bridgehead atoms. The number of rotatable bonds is 5. The molecule has 26 heavy (non-hydrogen) atoms. The Balaban J connectivity index is 1.63. The highest BCUT2D eigenvalue weighted by Gasteiger charge is 2.13. The smallest absolute Gasteiger partial charge is 0.270 e. The Morgan fingerprint density at radius 3 is 2.54 bits per heavy atom. The molecule has 0 unspecified atom stereocenters. The molecule has 0 spiro atoms. The van der Waals surface area contributed by atoms with E-state index in [1.54, 1.807) is 35.4 Å². The van der Waals surface area contributed by atoms with Crippen LogP contribution in [0.3, 0.4) is 0 Å². The third-order valence-electron chi connectivity index (χ3n) is 4.01. The SMILES string of the molecule is Cc1ccc(-c2ccccc2C(=O)NNC(=O)CCn2ccnc2)cc1. The van der Waals surface area contributed by atoms with Gasteiger partial charge in [0.15, 0.2) is 0 Å². The van der Waals surface area contributed by atoms with E-state index in [0.29, 0.717) is 12.1 Å². The summed E-state index contributed by atoms with van der Waals surface area (Å²) in [6, 6.07) is 15.3. The van der Waals surface area contributed by atoms with Gasteiger partial charge in [0.2, 0.25) is 5.91 Å². The van der Waals surface area contributed by atoms with Gasteiger partial charge in [-0.25, -0.2) is 4.98 Å². The quantitative estimate of drug-likeness (QED) is 0.696. The number of hydrazine groups is 1. The van der Waals surface area contributed by atoms with E-state index >= 15 is 0 Å². The minimum Gasteiger partial charge on any atom is -0.337 e. The van der Waals surface area contributed by atoms with Crippen LogP contribution in [-0.2, 0) is 11.3 Å². The molecule has 2 aromatic carbocycles. The van der Waals surface area contributed by atoms with Crippen molar-refractivity contribution >= 4 is 11.8 Å². The minimum atomic E-state index is -0.350. The van der Waals surface area contributed by atoms with Gasteiger partial charge >= 0.3 is 0 Å². The lowest BCUT2D eigenvalue weighted by Gasteiger charge is -2.11. The Morgan fingerprint density at radius 1 is 1.04 bits per heavy atom. The van der Waals surface area contributed by atoms with Crippen molar-refractivity contribution in [2.75, 3.05) is 0 Å². The zero-order valence-electron chi connectivity index (χ0n) is 14.5. The first kappa shape index (κ1) is 17.4. The first-order valence-corrected chi connectivity index (χ1v) is 8.34. The number of imidazole rings is 1. The molecule has 0 aliphatic heterocycles. The molecule has 3 rings (SSSR count). The van der Waals surface area contributed by atoms with Crippen molar-refractivity contribution in [3.05, 3.63) is 78.4 Å². The fourth-order valence-electron chi connectivity index (χ4n) is 2.57. The summed E-state index contributed by atoms with van der Waals surface area (Å²) in [4.78, 5) is 28.3. The molecular weight excluding hydrogens is 328 g/mol. The van der Waals surface area contributed by atoms with Crippen LogP contribution in [-0.4, -0.2) is 21.4 Å². The Kier molecular flexibility index (Phi) is 5.43. The van der Waals surface area contributed by atoms with Crippen molar-refractivity contribution in [1.82, 2.24) is 20.4 Å². The lowest BCUT2D eigenvalue weighted by atomic mass is 9.98. The van der Waals surface area contributed by atoms with Gasteiger partial charge in [-0.2, -0.15) is 0 Å². The van der Waals surface area contributed by atoms with Gasteiger partial charge in [-0.3, -0.25) is 20.4 Å². The van der Waals surface area contributed by atoms with Crippen molar-refractivity contribution in [2.24, 2.45) is 0 Å². The number of aromatic nitrogens is 2. The summed E-state index contributed by atoms with van der Waals surface area (Å²) < 4.78 is 1.80. The number of nitrogens with zero attached hydrogens (tertiary/aromatic N) is 2. The van der Waals surface area contributed by atoms with Crippen LogP contribution in [0.2, 0.25) is 0 Å². The molecule has 0 fully saturated rings. The number of hydrogen-bond donors (Lipinski definition) is 2. The number of carbonyl (C=O) groups is 2. The normalized spacial score (nSPS) is 10.3. The highest BCUT2D eigenvalue weighted by molar-refractivity contribution is 6.01. The third kappa shape index (κ3) is 4.36. The Morgan fingerprint density at radius 2 is 1.81 bits per heavy atom. The predicted molar refractivity (Wildman–Crippen MR) is 99.1 cm³/mol. The standard InChI is InChI=1S/C20H20N4O2/c1-15-6-8-16(9-7-15)17-4-2-3-5-18(17)20(26)23-22-19(25)10-12-24-13-11-21-14-24/h2-9,11,13-14H,10,12H2,1H3,(H,22,25)(H,23,26). The first-order valence-electron chi connectivity index (χ1n) is 8.34.